The summed E-state index contributed by atoms with van der Waals surface area (Å²) in [5, 5.41) is 2.47. The fourth-order valence-electron chi connectivity index (χ4n) is 1.63. The Hall–Kier alpha value is -1.82. The van der Waals surface area contributed by atoms with E-state index >= 15 is 0 Å². The third kappa shape index (κ3) is 4.70. The van der Waals surface area contributed by atoms with Crippen LogP contribution in [-0.4, -0.2) is 18.1 Å². The largest absolute Gasteiger partial charge is 0.436 e. The van der Waals surface area contributed by atoms with Crippen LogP contribution in [0.15, 0.2) is 18.2 Å². The normalized spacial score (nSPS) is 11.8. The molecule has 1 aromatic rings. The molecule has 0 aliphatic heterocycles. The van der Waals surface area contributed by atoms with Crippen molar-refractivity contribution in [3.63, 3.8) is 0 Å². The van der Waals surface area contributed by atoms with E-state index in [-0.39, 0.29) is 17.1 Å². The van der Waals surface area contributed by atoms with Crippen molar-refractivity contribution in [3.05, 3.63) is 34.6 Å². The second kappa shape index (κ2) is 7.69. The van der Waals surface area contributed by atoms with Gasteiger partial charge in [-0.25, -0.2) is 9.18 Å². The molecule has 2 amide bonds. The first kappa shape index (κ1) is 16.2. The van der Waals surface area contributed by atoms with E-state index in [4.69, 9.17) is 22.1 Å². The number of ether oxygens (including phenoxy) is 1. The first-order valence-corrected chi connectivity index (χ1v) is 6.50. The molecule has 1 rings (SSSR count). The van der Waals surface area contributed by atoms with E-state index in [2.05, 4.69) is 5.32 Å². The highest BCUT2D eigenvalue weighted by molar-refractivity contribution is 6.30. The molecule has 20 heavy (non-hydrogen) atoms. The molecule has 1 atom stereocenters. The number of halogens is 2. The van der Waals surface area contributed by atoms with Crippen LogP contribution in [0.3, 0.4) is 0 Å². The second-order valence-electron chi connectivity index (χ2n) is 4.14. The van der Waals surface area contributed by atoms with Gasteiger partial charge in [0.25, 0.3) is 5.91 Å². The van der Waals surface area contributed by atoms with Gasteiger partial charge < -0.3 is 15.8 Å². The zero-order chi connectivity index (χ0) is 15.1. The van der Waals surface area contributed by atoms with Gasteiger partial charge in [0.1, 0.15) is 5.82 Å². The van der Waals surface area contributed by atoms with E-state index in [0.29, 0.717) is 12.8 Å². The molecule has 0 saturated heterocycles. The molecule has 1 aromatic carbocycles. The van der Waals surface area contributed by atoms with Crippen LogP contribution in [0.25, 0.3) is 0 Å². The molecule has 0 aromatic heterocycles. The number of hydrogen-bond donors (Lipinski definition) is 2. The highest BCUT2D eigenvalue weighted by atomic mass is 35.5. The smallest absolute Gasteiger partial charge is 0.405 e. The molecule has 0 aliphatic carbocycles. The molecule has 0 saturated carbocycles. The molecule has 5 nitrogen and oxygen atoms in total. The zero-order valence-electron chi connectivity index (χ0n) is 11.0. The standard InChI is InChI=1S/C13H16ClFN2O3/c1-2-4-10(20-13(16)19)12(18)17-7-8-5-3-6-9(14)11(8)15/h3,5-6,10H,2,4,7H2,1H3,(H2,16,19)(H,17,18). The quantitative estimate of drug-likeness (QED) is 0.846. The number of hydrogen-bond acceptors (Lipinski definition) is 3. The summed E-state index contributed by atoms with van der Waals surface area (Å²) < 4.78 is 18.3. The lowest BCUT2D eigenvalue weighted by molar-refractivity contribution is -0.129. The number of benzene rings is 1. The molecule has 0 bridgehead atoms. The van der Waals surface area contributed by atoms with Gasteiger partial charge in [-0.15, -0.1) is 0 Å². The maximum Gasteiger partial charge on any atom is 0.405 e. The highest BCUT2D eigenvalue weighted by Crippen LogP contribution is 2.17. The Labute approximate surface area is 121 Å². The third-order valence-corrected chi connectivity index (χ3v) is 2.88. The van der Waals surface area contributed by atoms with E-state index in [1.165, 1.54) is 12.1 Å². The van der Waals surface area contributed by atoms with Gasteiger partial charge in [-0.2, -0.15) is 0 Å². The summed E-state index contributed by atoms with van der Waals surface area (Å²) in [5.41, 5.74) is 5.14. The van der Waals surface area contributed by atoms with Gasteiger partial charge in [0, 0.05) is 12.1 Å². The zero-order valence-corrected chi connectivity index (χ0v) is 11.7. The Kier molecular flexibility index (Phi) is 6.24. The van der Waals surface area contributed by atoms with Gasteiger partial charge in [0.2, 0.25) is 0 Å². The maximum absolute atomic E-state index is 13.6. The summed E-state index contributed by atoms with van der Waals surface area (Å²) in [5.74, 6) is -1.11. The lowest BCUT2D eigenvalue weighted by atomic mass is 10.1. The molecule has 0 heterocycles. The van der Waals surface area contributed by atoms with Crippen molar-refractivity contribution < 1.29 is 18.7 Å². The summed E-state index contributed by atoms with van der Waals surface area (Å²) >= 11 is 5.64. The van der Waals surface area contributed by atoms with E-state index in [9.17, 15) is 14.0 Å². The summed E-state index contributed by atoms with van der Waals surface area (Å²) in [4.78, 5) is 22.5. The molecule has 3 N–H and O–H groups in total. The summed E-state index contributed by atoms with van der Waals surface area (Å²) in [6, 6.07) is 4.50. The van der Waals surface area contributed by atoms with Gasteiger partial charge in [-0.3, -0.25) is 4.79 Å². The van der Waals surface area contributed by atoms with Gasteiger partial charge in [-0.1, -0.05) is 37.1 Å². The van der Waals surface area contributed by atoms with Gasteiger partial charge >= 0.3 is 6.09 Å². The van der Waals surface area contributed by atoms with Crippen LogP contribution < -0.4 is 11.1 Å². The number of carbonyl (C=O) groups is 2. The molecule has 7 heteroatoms. The number of carbonyl (C=O) groups excluding carboxylic acids is 2. The van der Waals surface area contributed by atoms with Crippen molar-refractivity contribution in [2.24, 2.45) is 5.73 Å². The van der Waals surface area contributed by atoms with Crippen molar-refractivity contribution in [2.75, 3.05) is 0 Å². The summed E-state index contributed by atoms with van der Waals surface area (Å²) in [6.45, 7) is 1.79. The molecule has 1 unspecified atom stereocenters. The van der Waals surface area contributed by atoms with Crippen molar-refractivity contribution in [2.45, 2.75) is 32.4 Å². The van der Waals surface area contributed by atoms with Crippen LogP contribution in [0.5, 0.6) is 0 Å². The molecule has 0 fully saturated rings. The molecule has 0 radical (unpaired) electrons. The van der Waals surface area contributed by atoms with Crippen LogP contribution in [0.4, 0.5) is 9.18 Å². The minimum atomic E-state index is -1.02. The predicted octanol–water partition coefficient (Wildman–Crippen LogP) is 2.36. The fraction of sp³-hybridized carbons (Fsp3) is 0.385. The SMILES string of the molecule is CCCC(OC(N)=O)C(=O)NCc1cccc(Cl)c1F. The van der Waals surface area contributed by atoms with Crippen LogP contribution in [0.1, 0.15) is 25.3 Å². The van der Waals surface area contributed by atoms with Gasteiger partial charge in [0.15, 0.2) is 6.10 Å². The van der Waals surface area contributed by atoms with Crippen LogP contribution in [-0.2, 0) is 16.1 Å². The van der Waals surface area contributed by atoms with Crippen molar-refractivity contribution in [3.8, 4) is 0 Å². The van der Waals surface area contributed by atoms with Crippen LogP contribution in [0.2, 0.25) is 5.02 Å². The van der Waals surface area contributed by atoms with Gasteiger partial charge in [-0.05, 0) is 12.5 Å². The maximum atomic E-state index is 13.6. The molecule has 0 spiro atoms. The second-order valence-corrected chi connectivity index (χ2v) is 4.55. The fourth-order valence-corrected chi connectivity index (χ4v) is 1.82. The first-order chi connectivity index (χ1) is 9.45. The number of amides is 2. The molecular formula is C13H16ClFN2O3. The van der Waals surface area contributed by atoms with Crippen LogP contribution in [0, 0.1) is 5.82 Å². The Bertz CT molecular complexity index is 497. The summed E-state index contributed by atoms with van der Waals surface area (Å²) in [7, 11) is 0. The molecular weight excluding hydrogens is 287 g/mol. The topological polar surface area (TPSA) is 81.4 Å². The number of nitrogens with two attached hydrogens (primary N) is 1. The lowest BCUT2D eigenvalue weighted by Gasteiger charge is -2.15. The first-order valence-electron chi connectivity index (χ1n) is 6.12. The summed E-state index contributed by atoms with van der Waals surface area (Å²) in [6.07, 6.45) is -1.02. The average Bonchev–Trinajstić information content (AvgIpc) is 2.39. The lowest BCUT2D eigenvalue weighted by Crippen LogP contribution is -2.38. The van der Waals surface area contributed by atoms with Gasteiger partial charge in [0.05, 0.1) is 5.02 Å². The molecule has 0 aliphatic rings. The Morgan fingerprint density at radius 1 is 1.50 bits per heavy atom. The van der Waals surface area contributed by atoms with E-state index < -0.39 is 23.9 Å². The van der Waals surface area contributed by atoms with E-state index in [0.717, 1.165) is 0 Å². The minimum absolute atomic E-state index is 0.0183. The predicted molar refractivity (Wildman–Crippen MR) is 72.6 cm³/mol. The van der Waals surface area contributed by atoms with E-state index in [1.807, 2.05) is 6.92 Å². The number of rotatable bonds is 6. The third-order valence-electron chi connectivity index (χ3n) is 2.59. The average molecular weight is 303 g/mol. The Morgan fingerprint density at radius 2 is 2.20 bits per heavy atom. The number of nitrogens with one attached hydrogen (secondary N) is 1. The number of primary amides is 1. The Morgan fingerprint density at radius 3 is 2.80 bits per heavy atom. The van der Waals surface area contributed by atoms with Crippen molar-refractivity contribution >= 4 is 23.6 Å². The van der Waals surface area contributed by atoms with Crippen molar-refractivity contribution in [1.29, 1.82) is 0 Å². The van der Waals surface area contributed by atoms with Crippen LogP contribution >= 0.6 is 11.6 Å². The molecule has 110 valence electrons. The monoisotopic (exact) mass is 302 g/mol. The highest BCUT2D eigenvalue weighted by Gasteiger charge is 2.21. The van der Waals surface area contributed by atoms with Crippen molar-refractivity contribution in [1.82, 2.24) is 5.32 Å². The Balaban J connectivity index is 2.64. The minimum Gasteiger partial charge on any atom is -0.436 e. The van der Waals surface area contributed by atoms with E-state index in [1.54, 1.807) is 6.07 Å².